The zero-order chi connectivity index (χ0) is 11.5. The monoisotopic (exact) mass is 237 g/mol. The van der Waals surface area contributed by atoms with Crippen molar-refractivity contribution < 1.29 is 9.90 Å². The molecule has 3 nitrogen and oxygen atoms in total. The van der Waals surface area contributed by atoms with Crippen molar-refractivity contribution in [1.82, 2.24) is 5.32 Å². The summed E-state index contributed by atoms with van der Waals surface area (Å²) in [6.45, 7) is 3.88. The lowest BCUT2D eigenvalue weighted by atomic mass is 9.94. The van der Waals surface area contributed by atoms with Crippen LogP contribution in [0.15, 0.2) is 23.6 Å². The van der Waals surface area contributed by atoms with Gasteiger partial charge < -0.3 is 10.4 Å². The van der Waals surface area contributed by atoms with E-state index in [9.17, 15) is 4.79 Å². The summed E-state index contributed by atoms with van der Waals surface area (Å²) in [6.07, 6.45) is 3.41. The third-order valence-corrected chi connectivity index (χ3v) is 3.91. The van der Waals surface area contributed by atoms with Crippen LogP contribution in [0.5, 0.6) is 0 Å². The van der Waals surface area contributed by atoms with Crippen molar-refractivity contribution in [3.8, 4) is 0 Å². The van der Waals surface area contributed by atoms with Crippen LogP contribution in [0, 0.1) is 0 Å². The van der Waals surface area contributed by atoms with Gasteiger partial charge in [0.15, 0.2) is 0 Å². The van der Waals surface area contributed by atoms with Crippen molar-refractivity contribution in [2.75, 3.05) is 6.54 Å². The van der Waals surface area contributed by atoms with Gasteiger partial charge in [0.1, 0.15) is 0 Å². The number of hydrogen-bond donors (Lipinski definition) is 2. The number of aliphatic carboxylic acids is 1. The molecule has 1 atom stereocenters. The van der Waals surface area contributed by atoms with Crippen LogP contribution < -0.4 is 5.32 Å². The second-order valence-corrected chi connectivity index (χ2v) is 5.03. The van der Waals surface area contributed by atoms with Gasteiger partial charge in [-0.05, 0) is 36.3 Å². The third kappa shape index (κ3) is 2.33. The van der Waals surface area contributed by atoms with Crippen molar-refractivity contribution >= 4 is 17.3 Å². The first kappa shape index (κ1) is 11.4. The molecule has 1 aromatic heterocycles. The van der Waals surface area contributed by atoms with Crippen LogP contribution in [0.25, 0.3) is 0 Å². The van der Waals surface area contributed by atoms with Gasteiger partial charge in [-0.1, -0.05) is 6.58 Å². The van der Waals surface area contributed by atoms with E-state index in [1.165, 1.54) is 16.9 Å². The van der Waals surface area contributed by atoms with Gasteiger partial charge in [-0.2, -0.15) is 0 Å². The SMILES string of the molecule is C=C(CNC1CCCc2sccc21)C(=O)O. The van der Waals surface area contributed by atoms with Crippen molar-refractivity contribution in [3.63, 3.8) is 0 Å². The lowest BCUT2D eigenvalue weighted by molar-refractivity contribution is -0.132. The molecule has 16 heavy (non-hydrogen) atoms. The maximum atomic E-state index is 10.6. The molecule has 0 aliphatic heterocycles. The van der Waals surface area contributed by atoms with E-state index in [1.54, 1.807) is 11.3 Å². The van der Waals surface area contributed by atoms with Crippen LogP contribution in [0.2, 0.25) is 0 Å². The molecule has 2 N–H and O–H groups in total. The van der Waals surface area contributed by atoms with Gasteiger partial charge in [-0.25, -0.2) is 4.79 Å². The highest BCUT2D eigenvalue weighted by Gasteiger charge is 2.21. The number of carboxylic acid groups (broad SMARTS) is 1. The molecule has 1 aliphatic rings. The molecular formula is C12H15NO2S. The van der Waals surface area contributed by atoms with Crippen molar-refractivity contribution in [2.24, 2.45) is 0 Å². The van der Waals surface area contributed by atoms with E-state index in [4.69, 9.17) is 5.11 Å². The quantitative estimate of drug-likeness (QED) is 0.790. The number of carboxylic acids is 1. The second-order valence-electron chi connectivity index (χ2n) is 4.03. The van der Waals surface area contributed by atoms with Gasteiger partial charge in [-0.15, -0.1) is 11.3 Å². The lowest BCUT2D eigenvalue weighted by Crippen LogP contribution is -2.27. The van der Waals surface area contributed by atoms with Gasteiger partial charge in [0.2, 0.25) is 0 Å². The Hall–Kier alpha value is -1.13. The van der Waals surface area contributed by atoms with E-state index in [0.29, 0.717) is 12.6 Å². The molecular weight excluding hydrogens is 222 g/mol. The smallest absolute Gasteiger partial charge is 0.332 e. The number of carbonyl (C=O) groups is 1. The van der Waals surface area contributed by atoms with Gasteiger partial charge in [0, 0.05) is 23.0 Å². The molecule has 0 saturated heterocycles. The van der Waals surface area contributed by atoms with E-state index < -0.39 is 5.97 Å². The molecule has 1 unspecified atom stereocenters. The summed E-state index contributed by atoms with van der Waals surface area (Å²) in [5, 5.41) is 14.1. The zero-order valence-electron chi connectivity index (χ0n) is 9.03. The van der Waals surface area contributed by atoms with Crippen LogP contribution >= 0.6 is 11.3 Å². The Morgan fingerprint density at radius 1 is 1.69 bits per heavy atom. The van der Waals surface area contributed by atoms with E-state index in [2.05, 4.69) is 23.3 Å². The first-order valence-electron chi connectivity index (χ1n) is 5.39. The summed E-state index contributed by atoms with van der Waals surface area (Å²) in [6, 6.07) is 2.44. The molecule has 1 aromatic rings. The normalized spacial score (nSPS) is 19.1. The molecule has 0 fully saturated rings. The highest BCUT2D eigenvalue weighted by Crippen LogP contribution is 2.33. The average Bonchev–Trinajstić information content (AvgIpc) is 2.73. The molecule has 86 valence electrons. The highest BCUT2D eigenvalue weighted by atomic mass is 32.1. The predicted molar refractivity (Wildman–Crippen MR) is 64.8 cm³/mol. The summed E-state index contributed by atoms with van der Waals surface area (Å²) in [5.41, 5.74) is 1.57. The molecule has 1 aliphatic carbocycles. The molecule has 2 rings (SSSR count). The molecule has 0 amide bonds. The first-order chi connectivity index (χ1) is 7.68. The highest BCUT2D eigenvalue weighted by molar-refractivity contribution is 7.10. The van der Waals surface area contributed by atoms with Crippen LogP contribution in [-0.4, -0.2) is 17.6 Å². The molecule has 0 saturated carbocycles. The topological polar surface area (TPSA) is 49.3 Å². The van der Waals surface area contributed by atoms with Gasteiger partial charge in [-0.3, -0.25) is 0 Å². The average molecular weight is 237 g/mol. The molecule has 4 heteroatoms. The standard InChI is InChI=1S/C12H15NO2S/c1-8(12(14)15)7-13-10-3-2-4-11-9(10)5-6-16-11/h5-6,10,13H,1-4,7H2,(H,14,15). The Kier molecular flexibility index (Phi) is 3.41. The maximum Gasteiger partial charge on any atom is 0.332 e. The zero-order valence-corrected chi connectivity index (χ0v) is 9.85. The molecule has 0 aromatic carbocycles. The minimum atomic E-state index is -0.922. The fourth-order valence-corrected chi connectivity index (χ4v) is 3.01. The van der Waals surface area contributed by atoms with Crippen LogP contribution in [-0.2, 0) is 11.2 Å². The van der Waals surface area contributed by atoms with E-state index in [1.807, 2.05) is 0 Å². The van der Waals surface area contributed by atoms with E-state index >= 15 is 0 Å². The van der Waals surface area contributed by atoms with E-state index in [0.717, 1.165) is 12.8 Å². The van der Waals surface area contributed by atoms with Gasteiger partial charge in [0.05, 0.1) is 0 Å². The Balaban J connectivity index is 1.98. The fourth-order valence-electron chi connectivity index (χ4n) is 2.02. The summed E-state index contributed by atoms with van der Waals surface area (Å²) in [4.78, 5) is 12.1. The van der Waals surface area contributed by atoms with Crippen LogP contribution in [0.1, 0.15) is 29.3 Å². The van der Waals surface area contributed by atoms with Gasteiger partial charge in [0.25, 0.3) is 0 Å². The molecule has 0 bridgehead atoms. The van der Waals surface area contributed by atoms with Crippen molar-refractivity contribution in [2.45, 2.75) is 25.3 Å². The summed E-state index contributed by atoms with van der Waals surface area (Å²) < 4.78 is 0. The summed E-state index contributed by atoms with van der Waals surface area (Å²) in [5.74, 6) is -0.922. The molecule has 1 heterocycles. The number of hydrogen-bond acceptors (Lipinski definition) is 3. The Morgan fingerprint density at radius 2 is 2.50 bits per heavy atom. The summed E-state index contributed by atoms with van der Waals surface area (Å²) in [7, 11) is 0. The predicted octanol–water partition coefficient (Wildman–Crippen LogP) is 2.36. The summed E-state index contributed by atoms with van der Waals surface area (Å²) >= 11 is 1.79. The maximum absolute atomic E-state index is 10.6. The second kappa shape index (κ2) is 4.80. The molecule has 0 radical (unpaired) electrons. The fraction of sp³-hybridized carbons (Fsp3) is 0.417. The Morgan fingerprint density at radius 3 is 3.25 bits per heavy atom. The number of thiophene rings is 1. The number of aryl methyl sites for hydroxylation is 1. The largest absolute Gasteiger partial charge is 0.478 e. The van der Waals surface area contributed by atoms with Crippen LogP contribution in [0.3, 0.4) is 0 Å². The Labute approximate surface area is 98.8 Å². The minimum Gasteiger partial charge on any atom is -0.478 e. The van der Waals surface area contributed by atoms with Gasteiger partial charge >= 0.3 is 5.97 Å². The molecule has 0 spiro atoms. The number of nitrogens with one attached hydrogen (secondary N) is 1. The Bertz CT molecular complexity index is 411. The van der Waals surface area contributed by atoms with Crippen molar-refractivity contribution in [1.29, 1.82) is 0 Å². The number of fused-ring (bicyclic) bond motifs is 1. The first-order valence-corrected chi connectivity index (χ1v) is 6.27. The van der Waals surface area contributed by atoms with Crippen molar-refractivity contribution in [3.05, 3.63) is 34.0 Å². The van der Waals surface area contributed by atoms with Crippen LogP contribution in [0.4, 0.5) is 0 Å². The number of rotatable bonds is 4. The lowest BCUT2D eigenvalue weighted by Gasteiger charge is -2.23. The van der Waals surface area contributed by atoms with E-state index in [-0.39, 0.29) is 5.57 Å². The third-order valence-electron chi connectivity index (χ3n) is 2.92. The minimum absolute atomic E-state index is 0.224.